The van der Waals surface area contributed by atoms with Crippen LogP contribution in [0.15, 0.2) is 32.9 Å². The van der Waals surface area contributed by atoms with Gasteiger partial charge in [0.05, 0.1) is 11.3 Å². The Hall–Kier alpha value is -1.34. The Morgan fingerprint density at radius 3 is 2.78 bits per heavy atom. The van der Waals surface area contributed by atoms with Crippen molar-refractivity contribution in [1.82, 2.24) is 14.8 Å². The Morgan fingerprint density at radius 2 is 2.22 bits per heavy atom. The van der Waals surface area contributed by atoms with Gasteiger partial charge in [0.25, 0.3) is 0 Å². The van der Waals surface area contributed by atoms with E-state index in [9.17, 15) is 0 Å². The molecule has 2 rings (SSSR count). The van der Waals surface area contributed by atoms with Gasteiger partial charge < -0.3 is 5.73 Å². The van der Waals surface area contributed by atoms with E-state index < -0.39 is 0 Å². The van der Waals surface area contributed by atoms with Crippen LogP contribution in [0.3, 0.4) is 0 Å². The molecule has 0 saturated carbocycles. The molecule has 0 radical (unpaired) electrons. The minimum atomic E-state index is 0.0280. The van der Waals surface area contributed by atoms with Crippen LogP contribution in [0.1, 0.15) is 11.3 Å². The normalized spacial score (nSPS) is 10.6. The van der Waals surface area contributed by atoms with E-state index in [1.165, 1.54) is 11.8 Å². The Balaban J connectivity index is 2.39. The Bertz CT molecular complexity index is 590. The van der Waals surface area contributed by atoms with E-state index in [0.717, 1.165) is 20.2 Å². The molecule has 3 N–H and O–H groups in total. The van der Waals surface area contributed by atoms with Gasteiger partial charge in [-0.15, -0.1) is 0 Å². The molecule has 7 heteroatoms. The maximum absolute atomic E-state index is 7.61. The lowest BCUT2D eigenvalue weighted by atomic mass is 10.2. The predicted octanol–water partition coefficient (Wildman–Crippen LogP) is 2.32. The van der Waals surface area contributed by atoms with Crippen LogP contribution < -0.4 is 5.73 Å². The SMILES string of the molecule is Cc1nn(C)c(Sc2ccc(Br)cn2)c1C(=N)N. The fourth-order valence-corrected chi connectivity index (χ4v) is 2.79. The summed E-state index contributed by atoms with van der Waals surface area (Å²) in [5.41, 5.74) is 7.02. The van der Waals surface area contributed by atoms with E-state index in [4.69, 9.17) is 11.1 Å². The molecule has 0 atom stereocenters. The van der Waals surface area contributed by atoms with Crippen molar-refractivity contribution in [2.45, 2.75) is 17.0 Å². The van der Waals surface area contributed by atoms with Crippen molar-refractivity contribution in [3.05, 3.63) is 34.1 Å². The number of hydrogen-bond donors (Lipinski definition) is 2. The average molecular weight is 326 g/mol. The number of aromatic nitrogens is 3. The molecule has 0 amide bonds. The smallest absolute Gasteiger partial charge is 0.127 e. The molecule has 2 aromatic heterocycles. The number of nitrogens with one attached hydrogen (secondary N) is 1. The largest absolute Gasteiger partial charge is 0.384 e. The molecule has 0 aliphatic carbocycles. The van der Waals surface area contributed by atoms with E-state index in [-0.39, 0.29) is 5.84 Å². The number of nitrogens with two attached hydrogens (primary N) is 1. The van der Waals surface area contributed by atoms with Crippen molar-refractivity contribution in [3.8, 4) is 0 Å². The molecular formula is C11H12BrN5S. The number of pyridine rings is 1. The van der Waals surface area contributed by atoms with Crippen LogP contribution in [0.2, 0.25) is 0 Å². The summed E-state index contributed by atoms with van der Waals surface area (Å²) in [6.45, 7) is 1.84. The maximum Gasteiger partial charge on any atom is 0.127 e. The fraction of sp³-hybridized carbons (Fsp3) is 0.182. The number of nitrogen functional groups attached to an aromatic ring is 1. The highest BCUT2D eigenvalue weighted by molar-refractivity contribution is 9.10. The molecule has 0 unspecified atom stereocenters. The molecule has 2 aromatic rings. The highest BCUT2D eigenvalue weighted by atomic mass is 79.9. The summed E-state index contributed by atoms with van der Waals surface area (Å²) in [5.74, 6) is 0.0280. The number of hydrogen-bond acceptors (Lipinski definition) is 4. The molecule has 0 spiro atoms. The highest BCUT2D eigenvalue weighted by Crippen LogP contribution is 2.30. The van der Waals surface area contributed by atoms with Gasteiger partial charge in [-0.25, -0.2) is 4.98 Å². The van der Waals surface area contributed by atoms with Crippen LogP contribution in [-0.4, -0.2) is 20.6 Å². The van der Waals surface area contributed by atoms with Crippen molar-refractivity contribution in [3.63, 3.8) is 0 Å². The summed E-state index contributed by atoms with van der Waals surface area (Å²) < 4.78 is 2.65. The zero-order chi connectivity index (χ0) is 13.3. The lowest BCUT2D eigenvalue weighted by Gasteiger charge is -2.04. The number of rotatable bonds is 3. The molecule has 18 heavy (non-hydrogen) atoms. The van der Waals surface area contributed by atoms with Crippen LogP contribution in [0.5, 0.6) is 0 Å². The summed E-state index contributed by atoms with van der Waals surface area (Å²) in [6.07, 6.45) is 1.74. The Morgan fingerprint density at radius 1 is 1.50 bits per heavy atom. The van der Waals surface area contributed by atoms with Crippen LogP contribution in [0.4, 0.5) is 0 Å². The second-order valence-corrected chi connectivity index (χ2v) is 5.64. The van der Waals surface area contributed by atoms with Crippen LogP contribution in [0.25, 0.3) is 0 Å². The molecule has 2 heterocycles. The maximum atomic E-state index is 7.61. The van der Waals surface area contributed by atoms with E-state index >= 15 is 0 Å². The van der Waals surface area contributed by atoms with Gasteiger partial charge in [0.2, 0.25) is 0 Å². The topological polar surface area (TPSA) is 80.6 Å². The zero-order valence-corrected chi connectivity index (χ0v) is 12.3. The van der Waals surface area contributed by atoms with Crippen molar-refractivity contribution < 1.29 is 0 Å². The first-order chi connectivity index (χ1) is 8.49. The summed E-state index contributed by atoms with van der Waals surface area (Å²) in [4.78, 5) is 4.29. The summed E-state index contributed by atoms with van der Waals surface area (Å²) in [7, 11) is 1.83. The van der Waals surface area contributed by atoms with Crippen molar-refractivity contribution >= 4 is 33.5 Å². The van der Waals surface area contributed by atoms with Crippen LogP contribution >= 0.6 is 27.7 Å². The molecule has 94 valence electrons. The quantitative estimate of drug-likeness (QED) is 0.670. The third kappa shape index (κ3) is 2.56. The number of amidine groups is 1. The van der Waals surface area contributed by atoms with Gasteiger partial charge in [0.1, 0.15) is 15.9 Å². The van der Waals surface area contributed by atoms with E-state index in [2.05, 4.69) is 26.0 Å². The minimum absolute atomic E-state index is 0.0280. The number of aryl methyl sites for hydroxylation is 2. The number of nitrogens with zero attached hydrogens (tertiary/aromatic N) is 3. The Kier molecular flexibility index (Phi) is 3.72. The van der Waals surface area contributed by atoms with Crippen LogP contribution in [0, 0.1) is 12.3 Å². The van der Waals surface area contributed by atoms with Crippen molar-refractivity contribution in [1.29, 1.82) is 5.41 Å². The lowest BCUT2D eigenvalue weighted by Crippen LogP contribution is -2.13. The zero-order valence-electron chi connectivity index (χ0n) is 9.94. The van der Waals surface area contributed by atoms with Crippen molar-refractivity contribution in [2.24, 2.45) is 12.8 Å². The molecule has 0 fully saturated rings. The van der Waals surface area contributed by atoms with Gasteiger partial charge in [-0.3, -0.25) is 10.1 Å². The van der Waals surface area contributed by atoms with E-state index in [0.29, 0.717) is 5.56 Å². The molecule has 0 aliphatic rings. The number of halogens is 1. The summed E-state index contributed by atoms with van der Waals surface area (Å²) >= 11 is 4.79. The third-order valence-corrected chi connectivity index (χ3v) is 3.92. The van der Waals surface area contributed by atoms with Gasteiger partial charge >= 0.3 is 0 Å². The fourth-order valence-electron chi connectivity index (χ4n) is 1.59. The molecular weight excluding hydrogens is 314 g/mol. The highest BCUT2D eigenvalue weighted by Gasteiger charge is 2.17. The molecule has 0 aliphatic heterocycles. The average Bonchev–Trinajstić information content (AvgIpc) is 2.57. The summed E-state index contributed by atoms with van der Waals surface area (Å²) in [6, 6.07) is 3.83. The van der Waals surface area contributed by atoms with Gasteiger partial charge in [-0.2, -0.15) is 5.10 Å². The monoisotopic (exact) mass is 325 g/mol. The van der Waals surface area contributed by atoms with Gasteiger partial charge in [-0.1, -0.05) is 0 Å². The van der Waals surface area contributed by atoms with Crippen molar-refractivity contribution in [2.75, 3.05) is 0 Å². The van der Waals surface area contributed by atoms with E-state index in [1.807, 2.05) is 26.1 Å². The molecule has 5 nitrogen and oxygen atoms in total. The standard InChI is InChI=1S/C11H12BrN5S/c1-6-9(10(13)14)11(17(2)16-6)18-8-4-3-7(12)5-15-8/h3-5H,1-2H3,(H3,13,14). The Labute approximate surface area is 117 Å². The molecule has 0 aromatic carbocycles. The van der Waals surface area contributed by atoms with Gasteiger partial charge in [0, 0.05) is 17.7 Å². The first kappa shape index (κ1) is 13.1. The minimum Gasteiger partial charge on any atom is -0.384 e. The first-order valence-electron chi connectivity index (χ1n) is 5.16. The van der Waals surface area contributed by atoms with Gasteiger partial charge in [-0.05, 0) is 46.7 Å². The summed E-state index contributed by atoms with van der Waals surface area (Å²) in [5, 5.41) is 13.6. The van der Waals surface area contributed by atoms with Gasteiger partial charge in [0.15, 0.2) is 0 Å². The first-order valence-corrected chi connectivity index (χ1v) is 6.77. The van der Waals surface area contributed by atoms with Crippen LogP contribution in [-0.2, 0) is 7.05 Å². The lowest BCUT2D eigenvalue weighted by molar-refractivity contribution is 0.691. The molecule has 0 bridgehead atoms. The molecule has 0 saturated heterocycles. The predicted molar refractivity (Wildman–Crippen MR) is 75.0 cm³/mol. The third-order valence-electron chi connectivity index (χ3n) is 2.34. The van der Waals surface area contributed by atoms with E-state index in [1.54, 1.807) is 10.9 Å². The second kappa shape index (κ2) is 5.11. The second-order valence-electron chi connectivity index (χ2n) is 3.72.